The van der Waals surface area contributed by atoms with Crippen molar-refractivity contribution >= 4 is 29.3 Å². The third-order valence-corrected chi connectivity index (χ3v) is 3.82. The lowest BCUT2D eigenvalue weighted by Gasteiger charge is -2.15. The summed E-state index contributed by atoms with van der Waals surface area (Å²) in [6, 6.07) is 12.4. The van der Waals surface area contributed by atoms with Crippen LogP contribution in [-0.4, -0.2) is 37.5 Å². The highest BCUT2D eigenvalue weighted by atomic mass is 35.5. The molecule has 2 rings (SSSR count). The molecule has 3 N–H and O–H groups in total. The van der Waals surface area contributed by atoms with Crippen LogP contribution in [0.1, 0.15) is 17.3 Å². The Morgan fingerprint density at radius 1 is 1.07 bits per heavy atom. The number of carbonyl (C=O) groups excluding carboxylic acids is 3. The molecule has 0 fully saturated rings. The number of amides is 3. The van der Waals surface area contributed by atoms with Crippen LogP contribution < -0.4 is 25.6 Å². The summed E-state index contributed by atoms with van der Waals surface area (Å²) in [4.78, 5) is 36.2. The minimum absolute atomic E-state index is 0.156. The number of carbonyl (C=O) groups is 3. The molecule has 0 radical (unpaired) electrons. The average Bonchev–Trinajstić information content (AvgIpc) is 2.70. The van der Waals surface area contributed by atoms with Gasteiger partial charge in [-0.2, -0.15) is 0 Å². The fourth-order valence-electron chi connectivity index (χ4n) is 2.17. The van der Waals surface area contributed by atoms with Gasteiger partial charge in [0.1, 0.15) is 17.5 Å². The predicted molar refractivity (Wildman–Crippen MR) is 103 cm³/mol. The molecule has 0 saturated heterocycles. The van der Waals surface area contributed by atoms with E-state index in [1.807, 2.05) is 6.07 Å². The summed E-state index contributed by atoms with van der Waals surface area (Å²) >= 11 is 5.88. The van der Waals surface area contributed by atoms with E-state index in [0.29, 0.717) is 16.5 Å². The van der Waals surface area contributed by atoms with Crippen molar-refractivity contribution in [3.63, 3.8) is 0 Å². The highest BCUT2D eigenvalue weighted by molar-refractivity contribution is 6.31. The summed E-state index contributed by atoms with van der Waals surface area (Å²) < 4.78 is 10.4. The summed E-state index contributed by atoms with van der Waals surface area (Å²) in [7, 11) is 1.41. The van der Waals surface area contributed by atoms with Gasteiger partial charge in [-0.1, -0.05) is 29.8 Å². The van der Waals surface area contributed by atoms with Gasteiger partial charge in [0.25, 0.3) is 17.7 Å². The van der Waals surface area contributed by atoms with Gasteiger partial charge in [-0.05, 0) is 37.3 Å². The van der Waals surface area contributed by atoms with Gasteiger partial charge in [-0.3, -0.25) is 25.2 Å². The number of ether oxygens (including phenoxy) is 2. The third-order valence-electron chi connectivity index (χ3n) is 3.59. The zero-order valence-electron chi connectivity index (χ0n) is 15.3. The van der Waals surface area contributed by atoms with Crippen molar-refractivity contribution in [3.05, 3.63) is 59.1 Å². The number of hydrogen-bond acceptors (Lipinski definition) is 5. The van der Waals surface area contributed by atoms with Gasteiger partial charge < -0.3 is 14.8 Å². The SMILES string of the molecule is COc1ccc(Cl)cc1C(=O)NNC(=O)C(C)NC(=O)COc1ccccc1. The van der Waals surface area contributed by atoms with Crippen molar-refractivity contribution in [2.45, 2.75) is 13.0 Å². The summed E-state index contributed by atoms with van der Waals surface area (Å²) in [5.74, 6) is -0.858. The lowest BCUT2D eigenvalue weighted by Crippen LogP contribution is -2.51. The maximum Gasteiger partial charge on any atom is 0.273 e. The smallest absolute Gasteiger partial charge is 0.273 e. The van der Waals surface area contributed by atoms with Crippen LogP contribution in [-0.2, 0) is 9.59 Å². The van der Waals surface area contributed by atoms with E-state index in [1.54, 1.807) is 30.3 Å². The Kier molecular flexibility index (Phi) is 7.65. The average molecular weight is 406 g/mol. The van der Waals surface area contributed by atoms with Crippen LogP contribution in [0.5, 0.6) is 11.5 Å². The second-order valence-corrected chi connectivity index (χ2v) is 6.12. The predicted octanol–water partition coefficient (Wildman–Crippen LogP) is 1.69. The summed E-state index contributed by atoms with van der Waals surface area (Å²) in [6.07, 6.45) is 0. The van der Waals surface area contributed by atoms with Gasteiger partial charge in [-0.25, -0.2) is 0 Å². The van der Waals surface area contributed by atoms with E-state index in [1.165, 1.54) is 26.2 Å². The quantitative estimate of drug-likeness (QED) is 0.608. The Hall–Kier alpha value is -3.26. The van der Waals surface area contributed by atoms with Crippen molar-refractivity contribution in [1.29, 1.82) is 0 Å². The van der Waals surface area contributed by atoms with E-state index in [2.05, 4.69) is 16.2 Å². The van der Waals surface area contributed by atoms with Gasteiger partial charge in [0.05, 0.1) is 12.7 Å². The Balaban J connectivity index is 1.81. The molecule has 0 aliphatic heterocycles. The maximum atomic E-state index is 12.2. The molecule has 2 aromatic carbocycles. The Bertz CT molecular complexity index is 845. The number of benzene rings is 2. The van der Waals surface area contributed by atoms with E-state index in [-0.39, 0.29) is 12.2 Å². The standard InChI is InChI=1S/C19H20ClN3O5/c1-12(21-17(24)11-28-14-6-4-3-5-7-14)18(25)22-23-19(26)15-10-13(20)8-9-16(15)27-2/h3-10,12H,11H2,1-2H3,(H,21,24)(H,22,25)(H,23,26). The van der Waals surface area contributed by atoms with Crippen LogP contribution in [0.4, 0.5) is 0 Å². The summed E-state index contributed by atoms with van der Waals surface area (Å²) in [6.45, 7) is 1.23. The molecule has 0 aromatic heterocycles. The largest absolute Gasteiger partial charge is 0.496 e. The highest BCUT2D eigenvalue weighted by Gasteiger charge is 2.18. The van der Waals surface area contributed by atoms with E-state index in [9.17, 15) is 14.4 Å². The van der Waals surface area contributed by atoms with Crippen molar-refractivity contribution in [1.82, 2.24) is 16.2 Å². The molecular weight excluding hydrogens is 386 g/mol. The number of hydrogen-bond donors (Lipinski definition) is 3. The number of rotatable bonds is 7. The van der Waals surface area contributed by atoms with Crippen LogP contribution >= 0.6 is 11.6 Å². The third kappa shape index (κ3) is 6.17. The monoisotopic (exact) mass is 405 g/mol. The number of para-hydroxylation sites is 1. The molecule has 9 heteroatoms. The van der Waals surface area contributed by atoms with E-state index < -0.39 is 23.8 Å². The molecular formula is C19H20ClN3O5. The van der Waals surface area contributed by atoms with Crippen LogP contribution in [0.25, 0.3) is 0 Å². The van der Waals surface area contributed by atoms with Gasteiger partial charge >= 0.3 is 0 Å². The first kappa shape index (κ1) is 21.0. The number of halogens is 1. The second-order valence-electron chi connectivity index (χ2n) is 5.68. The normalized spacial score (nSPS) is 11.1. The first-order chi connectivity index (χ1) is 13.4. The van der Waals surface area contributed by atoms with Crippen LogP contribution in [0.3, 0.4) is 0 Å². The summed E-state index contributed by atoms with van der Waals surface area (Å²) in [5.41, 5.74) is 4.65. The fourth-order valence-corrected chi connectivity index (χ4v) is 2.34. The minimum atomic E-state index is -0.895. The van der Waals surface area contributed by atoms with Gasteiger partial charge in [-0.15, -0.1) is 0 Å². The number of methoxy groups -OCH3 is 1. The summed E-state index contributed by atoms with van der Waals surface area (Å²) in [5, 5.41) is 2.82. The Labute approximate surface area is 167 Å². The molecule has 0 bridgehead atoms. The minimum Gasteiger partial charge on any atom is -0.496 e. The zero-order chi connectivity index (χ0) is 20.5. The Morgan fingerprint density at radius 3 is 2.46 bits per heavy atom. The van der Waals surface area contributed by atoms with Gasteiger partial charge in [0.15, 0.2) is 6.61 Å². The first-order valence-electron chi connectivity index (χ1n) is 8.31. The van der Waals surface area contributed by atoms with Crippen molar-refractivity contribution in [3.8, 4) is 11.5 Å². The van der Waals surface area contributed by atoms with Crippen LogP contribution in [0.2, 0.25) is 5.02 Å². The fraction of sp³-hybridized carbons (Fsp3) is 0.211. The highest BCUT2D eigenvalue weighted by Crippen LogP contribution is 2.22. The van der Waals surface area contributed by atoms with E-state index in [0.717, 1.165) is 0 Å². The molecule has 28 heavy (non-hydrogen) atoms. The lowest BCUT2D eigenvalue weighted by molar-refractivity contribution is -0.130. The Morgan fingerprint density at radius 2 is 1.79 bits per heavy atom. The zero-order valence-corrected chi connectivity index (χ0v) is 16.1. The lowest BCUT2D eigenvalue weighted by atomic mass is 10.2. The molecule has 0 aliphatic rings. The molecule has 1 unspecified atom stereocenters. The van der Waals surface area contributed by atoms with Crippen LogP contribution in [0.15, 0.2) is 48.5 Å². The van der Waals surface area contributed by atoms with Crippen molar-refractivity contribution < 1.29 is 23.9 Å². The van der Waals surface area contributed by atoms with E-state index >= 15 is 0 Å². The van der Waals surface area contributed by atoms with Gasteiger partial charge in [0, 0.05) is 5.02 Å². The molecule has 0 heterocycles. The molecule has 1 atom stereocenters. The first-order valence-corrected chi connectivity index (χ1v) is 8.69. The molecule has 0 saturated carbocycles. The topological polar surface area (TPSA) is 106 Å². The molecule has 8 nitrogen and oxygen atoms in total. The molecule has 148 valence electrons. The van der Waals surface area contributed by atoms with Crippen LogP contribution in [0, 0.1) is 0 Å². The number of nitrogens with one attached hydrogen (secondary N) is 3. The van der Waals surface area contributed by atoms with Crippen molar-refractivity contribution in [2.75, 3.05) is 13.7 Å². The second kappa shape index (κ2) is 10.2. The molecule has 3 amide bonds. The molecule has 0 spiro atoms. The van der Waals surface area contributed by atoms with Gasteiger partial charge in [0.2, 0.25) is 0 Å². The number of hydrazine groups is 1. The maximum absolute atomic E-state index is 12.2. The van der Waals surface area contributed by atoms with E-state index in [4.69, 9.17) is 21.1 Å². The molecule has 2 aromatic rings. The van der Waals surface area contributed by atoms with Crippen molar-refractivity contribution in [2.24, 2.45) is 0 Å². The molecule has 0 aliphatic carbocycles.